The van der Waals surface area contributed by atoms with E-state index in [4.69, 9.17) is 0 Å². The minimum Gasteiger partial charge on any atom is -0.372 e. The van der Waals surface area contributed by atoms with E-state index < -0.39 is 15.1 Å². The Morgan fingerprint density at radius 2 is 1.50 bits per heavy atom. The van der Waals surface area contributed by atoms with Crippen LogP contribution in [0.4, 0.5) is 5.69 Å². The summed E-state index contributed by atoms with van der Waals surface area (Å²) in [7, 11) is -3.44. The summed E-state index contributed by atoms with van der Waals surface area (Å²) in [5.74, 6) is 0. The molecule has 0 amide bonds. The standard InChI is InChI=1S/C19H26N2O2S/c1-4-21(5-2)17-10-8-16(9-11-17)19(14-20)24(22,23)18-12-6-15(3)7-13-18/h6-13,19H,4-5,14,20H2,1-3H3/p+1/t19-/m1/s1. The van der Waals surface area contributed by atoms with Crippen LogP contribution in [0.15, 0.2) is 53.4 Å². The van der Waals surface area contributed by atoms with Gasteiger partial charge in [0.25, 0.3) is 0 Å². The zero-order valence-electron chi connectivity index (χ0n) is 14.7. The molecule has 0 fully saturated rings. The van der Waals surface area contributed by atoms with Crippen molar-refractivity contribution in [3.05, 3.63) is 59.7 Å². The largest absolute Gasteiger partial charge is 0.372 e. The van der Waals surface area contributed by atoms with Crippen LogP contribution in [0.5, 0.6) is 0 Å². The summed E-state index contributed by atoms with van der Waals surface area (Å²) < 4.78 is 25.9. The van der Waals surface area contributed by atoms with Gasteiger partial charge in [0.1, 0.15) is 5.25 Å². The van der Waals surface area contributed by atoms with Gasteiger partial charge in [-0.1, -0.05) is 29.8 Å². The first kappa shape index (κ1) is 18.5. The Labute approximate surface area is 145 Å². The summed E-state index contributed by atoms with van der Waals surface area (Å²) in [4.78, 5) is 2.59. The van der Waals surface area contributed by atoms with Gasteiger partial charge < -0.3 is 10.6 Å². The Hall–Kier alpha value is -1.85. The molecule has 0 heterocycles. The number of quaternary nitrogens is 1. The molecule has 0 radical (unpaired) electrons. The Bertz CT molecular complexity index is 749. The molecule has 0 aliphatic carbocycles. The van der Waals surface area contributed by atoms with Gasteiger partial charge >= 0.3 is 0 Å². The van der Waals surface area contributed by atoms with Gasteiger partial charge in [0.05, 0.1) is 11.4 Å². The first-order valence-electron chi connectivity index (χ1n) is 8.38. The molecule has 4 nitrogen and oxygen atoms in total. The molecule has 5 heteroatoms. The van der Waals surface area contributed by atoms with Crippen LogP contribution in [0.25, 0.3) is 0 Å². The van der Waals surface area contributed by atoms with Gasteiger partial charge in [0.15, 0.2) is 9.84 Å². The zero-order chi connectivity index (χ0) is 17.7. The normalized spacial score (nSPS) is 12.8. The van der Waals surface area contributed by atoms with E-state index in [2.05, 4.69) is 24.5 Å². The predicted molar refractivity (Wildman–Crippen MR) is 98.9 cm³/mol. The van der Waals surface area contributed by atoms with Gasteiger partial charge in [0.2, 0.25) is 0 Å². The van der Waals surface area contributed by atoms with Crippen molar-refractivity contribution < 1.29 is 14.2 Å². The minimum atomic E-state index is -3.44. The van der Waals surface area contributed by atoms with Crippen molar-refractivity contribution in [2.75, 3.05) is 24.5 Å². The third-order valence-corrected chi connectivity index (χ3v) is 6.57. The Balaban J connectivity index is 2.35. The maximum absolute atomic E-state index is 13.0. The second kappa shape index (κ2) is 7.81. The number of rotatable bonds is 7. The average molecular weight is 348 g/mol. The fourth-order valence-corrected chi connectivity index (χ4v) is 4.55. The van der Waals surface area contributed by atoms with Crippen molar-refractivity contribution in [2.24, 2.45) is 0 Å². The lowest BCUT2D eigenvalue weighted by atomic mass is 10.1. The molecule has 0 saturated carbocycles. The summed E-state index contributed by atoms with van der Waals surface area (Å²) in [6, 6.07) is 14.8. The number of anilines is 1. The highest BCUT2D eigenvalue weighted by molar-refractivity contribution is 7.91. The predicted octanol–water partition coefficient (Wildman–Crippen LogP) is 2.60. The highest BCUT2D eigenvalue weighted by Crippen LogP contribution is 2.29. The second-order valence-electron chi connectivity index (χ2n) is 5.90. The van der Waals surface area contributed by atoms with Crippen LogP contribution >= 0.6 is 0 Å². The molecule has 0 aliphatic heterocycles. The van der Waals surface area contributed by atoms with Gasteiger partial charge in [-0.3, -0.25) is 0 Å². The molecule has 24 heavy (non-hydrogen) atoms. The number of sulfone groups is 1. The van der Waals surface area contributed by atoms with Crippen LogP contribution in [-0.4, -0.2) is 28.1 Å². The van der Waals surface area contributed by atoms with Crippen molar-refractivity contribution in [3.63, 3.8) is 0 Å². The van der Waals surface area contributed by atoms with Crippen molar-refractivity contribution in [1.82, 2.24) is 0 Å². The van der Waals surface area contributed by atoms with E-state index in [0.717, 1.165) is 29.9 Å². The lowest BCUT2D eigenvalue weighted by Crippen LogP contribution is -2.54. The maximum Gasteiger partial charge on any atom is 0.190 e. The second-order valence-corrected chi connectivity index (χ2v) is 8.03. The van der Waals surface area contributed by atoms with E-state index in [-0.39, 0.29) is 0 Å². The number of benzene rings is 2. The average Bonchev–Trinajstić information content (AvgIpc) is 2.58. The number of nitrogens with zero attached hydrogens (tertiary/aromatic N) is 1. The lowest BCUT2D eigenvalue weighted by molar-refractivity contribution is -0.367. The maximum atomic E-state index is 13.0. The fourth-order valence-electron chi connectivity index (χ4n) is 2.88. The fraction of sp³-hybridized carbons (Fsp3) is 0.368. The van der Waals surface area contributed by atoms with Crippen molar-refractivity contribution >= 4 is 15.5 Å². The van der Waals surface area contributed by atoms with Crippen LogP contribution in [0, 0.1) is 6.92 Å². The van der Waals surface area contributed by atoms with Crippen LogP contribution in [-0.2, 0) is 9.84 Å². The number of hydrogen-bond donors (Lipinski definition) is 1. The van der Waals surface area contributed by atoms with Gasteiger partial charge in [-0.15, -0.1) is 0 Å². The van der Waals surface area contributed by atoms with Gasteiger partial charge in [0, 0.05) is 18.8 Å². The van der Waals surface area contributed by atoms with Crippen LogP contribution in [0.3, 0.4) is 0 Å². The topological polar surface area (TPSA) is 65.0 Å². The summed E-state index contributed by atoms with van der Waals surface area (Å²) >= 11 is 0. The molecule has 0 aliphatic rings. The third-order valence-electron chi connectivity index (χ3n) is 4.38. The van der Waals surface area contributed by atoms with E-state index in [9.17, 15) is 8.42 Å². The number of hydrogen-bond acceptors (Lipinski definition) is 3. The summed E-state index contributed by atoms with van der Waals surface area (Å²) in [5.41, 5.74) is 6.82. The molecular weight excluding hydrogens is 320 g/mol. The van der Waals surface area contributed by atoms with E-state index in [1.165, 1.54) is 0 Å². The SMILES string of the molecule is CCN(CC)c1ccc([C@@H](C[NH3+])S(=O)(=O)c2ccc(C)cc2)cc1. The van der Waals surface area contributed by atoms with Crippen molar-refractivity contribution in [3.8, 4) is 0 Å². The quantitative estimate of drug-likeness (QED) is 0.837. The molecule has 2 aromatic carbocycles. The first-order valence-corrected chi connectivity index (χ1v) is 9.93. The minimum absolute atomic E-state index is 0.306. The highest BCUT2D eigenvalue weighted by atomic mass is 32.2. The lowest BCUT2D eigenvalue weighted by Gasteiger charge is -2.22. The molecule has 0 bridgehead atoms. The zero-order valence-corrected chi connectivity index (χ0v) is 15.5. The van der Waals surface area contributed by atoms with Gasteiger partial charge in [-0.2, -0.15) is 0 Å². The number of aryl methyl sites for hydroxylation is 1. The Morgan fingerprint density at radius 3 is 1.96 bits per heavy atom. The molecule has 0 unspecified atom stereocenters. The van der Waals surface area contributed by atoms with Crippen molar-refractivity contribution in [1.29, 1.82) is 0 Å². The molecular formula is C19H27N2O2S+. The third kappa shape index (κ3) is 3.79. The molecule has 0 saturated heterocycles. The summed E-state index contributed by atoms with van der Waals surface area (Å²) in [6.07, 6.45) is 0. The summed E-state index contributed by atoms with van der Waals surface area (Å²) in [5, 5.41) is -0.619. The van der Waals surface area contributed by atoms with E-state index in [0.29, 0.717) is 11.4 Å². The molecule has 0 aromatic heterocycles. The van der Waals surface area contributed by atoms with E-state index in [1.807, 2.05) is 43.3 Å². The smallest absolute Gasteiger partial charge is 0.190 e. The Morgan fingerprint density at radius 1 is 0.958 bits per heavy atom. The van der Waals surface area contributed by atoms with Gasteiger partial charge in [-0.25, -0.2) is 8.42 Å². The van der Waals surface area contributed by atoms with Crippen molar-refractivity contribution in [2.45, 2.75) is 30.9 Å². The first-order chi connectivity index (χ1) is 11.4. The molecule has 2 aromatic rings. The van der Waals surface area contributed by atoms with Crippen LogP contribution in [0.2, 0.25) is 0 Å². The monoisotopic (exact) mass is 347 g/mol. The molecule has 0 spiro atoms. The molecule has 3 N–H and O–H groups in total. The molecule has 130 valence electrons. The molecule has 2 rings (SSSR count). The highest BCUT2D eigenvalue weighted by Gasteiger charge is 2.29. The van der Waals surface area contributed by atoms with Crippen LogP contribution < -0.4 is 10.6 Å². The van der Waals surface area contributed by atoms with Gasteiger partial charge in [-0.05, 0) is 50.6 Å². The molecule has 1 atom stereocenters. The Kier molecular flexibility index (Phi) is 6.02. The summed E-state index contributed by atoms with van der Waals surface area (Å²) in [6.45, 7) is 8.32. The van der Waals surface area contributed by atoms with E-state index in [1.54, 1.807) is 12.1 Å². The van der Waals surface area contributed by atoms with E-state index >= 15 is 0 Å². The van der Waals surface area contributed by atoms with Crippen LogP contribution in [0.1, 0.15) is 30.2 Å².